The fourth-order valence-electron chi connectivity index (χ4n) is 1.13. The fraction of sp³-hybridized carbons (Fsp3) is 0.778. The molecule has 106 valence electrons. The van der Waals surface area contributed by atoms with Crippen LogP contribution in [-0.4, -0.2) is 62.8 Å². The first-order chi connectivity index (χ1) is 8.33. The topological polar surface area (TPSA) is 98.9 Å². The Labute approximate surface area is 112 Å². The lowest BCUT2D eigenvalue weighted by Gasteiger charge is -2.20. The molecule has 0 aromatic heterocycles. The molecule has 0 amide bonds. The molecule has 2 N–H and O–H groups in total. The van der Waals surface area contributed by atoms with Crippen molar-refractivity contribution < 1.29 is 22.7 Å². The van der Waals surface area contributed by atoms with Crippen LogP contribution in [-0.2, 0) is 24.3 Å². The largest absolute Gasteiger partial charge is 0.465 e. The number of ether oxygens (including phenoxy) is 2. The molecular formula is C9H18N2O5S2. The Kier molecular flexibility index (Phi) is 8.00. The number of rotatable bonds is 9. The maximum absolute atomic E-state index is 11.9. The normalized spacial score (nSPS) is 11.5. The van der Waals surface area contributed by atoms with Crippen LogP contribution >= 0.6 is 12.2 Å². The van der Waals surface area contributed by atoms with E-state index < -0.39 is 21.7 Å². The van der Waals surface area contributed by atoms with Crippen LogP contribution in [0.3, 0.4) is 0 Å². The molecule has 0 fully saturated rings. The maximum Gasteiger partial charge on any atom is 0.321 e. The summed E-state index contributed by atoms with van der Waals surface area (Å²) < 4.78 is 34.2. The van der Waals surface area contributed by atoms with E-state index in [1.165, 1.54) is 7.11 Å². The Hall–Kier alpha value is -0.770. The average Bonchev–Trinajstić information content (AvgIpc) is 2.22. The summed E-state index contributed by atoms with van der Waals surface area (Å²) in [5.41, 5.74) is 5.21. The number of methoxy groups -OCH3 is 1. The van der Waals surface area contributed by atoms with Crippen LogP contribution in [0, 0.1) is 0 Å². The van der Waals surface area contributed by atoms with Crippen molar-refractivity contribution in [3.05, 3.63) is 0 Å². The minimum Gasteiger partial charge on any atom is -0.465 e. The first-order valence-electron chi connectivity index (χ1n) is 5.24. The molecule has 18 heavy (non-hydrogen) atoms. The number of carbonyl (C=O) groups excluding carboxylic acids is 1. The van der Waals surface area contributed by atoms with Gasteiger partial charge in [-0.25, -0.2) is 8.42 Å². The minimum absolute atomic E-state index is 0.0419. The lowest BCUT2D eigenvalue weighted by Crippen LogP contribution is -2.42. The fourth-order valence-corrected chi connectivity index (χ4v) is 2.78. The number of carbonyl (C=O) groups is 1. The predicted octanol–water partition coefficient (Wildman–Crippen LogP) is -0.886. The van der Waals surface area contributed by atoms with Gasteiger partial charge in [-0.1, -0.05) is 12.2 Å². The van der Waals surface area contributed by atoms with Crippen LogP contribution in [0.4, 0.5) is 0 Å². The summed E-state index contributed by atoms with van der Waals surface area (Å²) in [6.45, 7) is 1.66. The van der Waals surface area contributed by atoms with Crippen molar-refractivity contribution in [2.75, 3.05) is 39.2 Å². The van der Waals surface area contributed by atoms with Crippen molar-refractivity contribution in [1.82, 2.24) is 4.31 Å². The van der Waals surface area contributed by atoms with E-state index in [1.807, 2.05) is 0 Å². The quantitative estimate of drug-likeness (QED) is 0.435. The van der Waals surface area contributed by atoms with Gasteiger partial charge in [0, 0.05) is 13.7 Å². The summed E-state index contributed by atoms with van der Waals surface area (Å²) in [4.78, 5) is 11.2. The second-order valence-electron chi connectivity index (χ2n) is 3.35. The number of esters is 1. The Morgan fingerprint density at radius 1 is 1.44 bits per heavy atom. The predicted molar refractivity (Wildman–Crippen MR) is 70.7 cm³/mol. The molecule has 0 unspecified atom stereocenters. The van der Waals surface area contributed by atoms with Crippen molar-refractivity contribution >= 4 is 33.2 Å². The zero-order chi connectivity index (χ0) is 14.2. The summed E-state index contributed by atoms with van der Waals surface area (Å²) >= 11 is 4.56. The van der Waals surface area contributed by atoms with Crippen molar-refractivity contribution in [3.63, 3.8) is 0 Å². The van der Waals surface area contributed by atoms with Crippen LogP contribution in [0.15, 0.2) is 0 Å². The Morgan fingerprint density at radius 2 is 2.06 bits per heavy atom. The number of nitrogens with two attached hydrogens (primary N) is 1. The van der Waals surface area contributed by atoms with Crippen molar-refractivity contribution in [3.8, 4) is 0 Å². The standard InChI is InChI=1S/C9H18N2O5S2/c1-3-16-9(12)6-11(4-5-15-2)18(13,14)7-8(10)17/h3-7H2,1-2H3,(H2,10,17). The third kappa shape index (κ3) is 6.84. The van der Waals surface area contributed by atoms with Gasteiger partial charge >= 0.3 is 5.97 Å². The Morgan fingerprint density at radius 3 is 2.50 bits per heavy atom. The maximum atomic E-state index is 11.9. The van der Waals surface area contributed by atoms with Gasteiger partial charge < -0.3 is 15.2 Å². The van der Waals surface area contributed by atoms with Gasteiger partial charge in [-0.15, -0.1) is 0 Å². The number of sulfonamides is 1. The Balaban J connectivity index is 4.75. The summed E-state index contributed by atoms with van der Waals surface area (Å²) in [6, 6.07) is 0. The minimum atomic E-state index is -3.72. The highest BCUT2D eigenvalue weighted by Crippen LogP contribution is 2.02. The molecule has 7 nitrogen and oxygen atoms in total. The molecule has 0 saturated heterocycles. The summed E-state index contributed by atoms with van der Waals surface area (Å²) in [5, 5.41) is 0. The molecule has 0 rings (SSSR count). The van der Waals surface area contributed by atoms with Gasteiger partial charge in [0.1, 0.15) is 12.3 Å². The van der Waals surface area contributed by atoms with Crippen LogP contribution in [0.1, 0.15) is 6.92 Å². The lowest BCUT2D eigenvalue weighted by atomic mass is 10.6. The van der Waals surface area contributed by atoms with Crippen LogP contribution < -0.4 is 5.73 Å². The first-order valence-corrected chi connectivity index (χ1v) is 7.26. The van der Waals surface area contributed by atoms with Crippen molar-refractivity contribution in [1.29, 1.82) is 0 Å². The van der Waals surface area contributed by atoms with Gasteiger partial charge in [-0.3, -0.25) is 4.79 Å². The molecule has 0 aliphatic rings. The second kappa shape index (κ2) is 8.35. The van der Waals surface area contributed by atoms with Gasteiger partial charge in [0.05, 0.1) is 18.2 Å². The number of hydrogen-bond acceptors (Lipinski definition) is 6. The zero-order valence-electron chi connectivity index (χ0n) is 10.4. The molecule has 0 radical (unpaired) electrons. The molecular weight excluding hydrogens is 280 g/mol. The van der Waals surface area contributed by atoms with E-state index in [-0.39, 0.29) is 31.3 Å². The molecule has 0 aromatic rings. The molecule has 0 aliphatic heterocycles. The smallest absolute Gasteiger partial charge is 0.321 e. The highest BCUT2D eigenvalue weighted by atomic mass is 32.2. The van der Waals surface area contributed by atoms with E-state index in [9.17, 15) is 13.2 Å². The van der Waals surface area contributed by atoms with Gasteiger partial charge in [0.25, 0.3) is 0 Å². The van der Waals surface area contributed by atoms with Crippen LogP contribution in [0.2, 0.25) is 0 Å². The zero-order valence-corrected chi connectivity index (χ0v) is 12.1. The molecule has 0 aliphatic carbocycles. The van der Waals surface area contributed by atoms with E-state index in [0.29, 0.717) is 0 Å². The number of nitrogens with zero attached hydrogens (tertiary/aromatic N) is 1. The van der Waals surface area contributed by atoms with E-state index >= 15 is 0 Å². The Bertz CT molecular complexity index is 382. The monoisotopic (exact) mass is 298 g/mol. The lowest BCUT2D eigenvalue weighted by molar-refractivity contribution is -0.143. The van der Waals surface area contributed by atoms with E-state index in [0.717, 1.165) is 4.31 Å². The summed E-state index contributed by atoms with van der Waals surface area (Å²) in [5.74, 6) is -1.11. The third-order valence-electron chi connectivity index (χ3n) is 1.87. The number of thiocarbonyl (C=S) groups is 1. The van der Waals surface area contributed by atoms with Crippen LogP contribution in [0.5, 0.6) is 0 Å². The van der Waals surface area contributed by atoms with Gasteiger partial charge in [-0.2, -0.15) is 4.31 Å². The third-order valence-corrected chi connectivity index (χ3v) is 3.97. The molecule has 0 saturated carbocycles. The molecule has 0 spiro atoms. The molecule has 0 bridgehead atoms. The summed E-state index contributed by atoms with van der Waals surface area (Å²) in [6.07, 6.45) is 0. The van der Waals surface area contributed by atoms with E-state index in [2.05, 4.69) is 12.2 Å². The average molecular weight is 298 g/mol. The van der Waals surface area contributed by atoms with E-state index in [4.69, 9.17) is 15.2 Å². The molecule has 0 aromatic carbocycles. The summed E-state index contributed by atoms with van der Waals surface area (Å²) in [7, 11) is -2.29. The van der Waals surface area contributed by atoms with Gasteiger partial charge in [0.2, 0.25) is 10.0 Å². The van der Waals surface area contributed by atoms with E-state index in [1.54, 1.807) is 6.92 Å². The first kappa shape index (κ1) is 17.2. The van der Waals surface area contributed by atoms with Crippen molar-refractivity contribution in [2.24, 2.45) is 5.73 Å². The molecule has 0 atom stereocenters. The van der Waals surface area contributed by atoms with Crippen molar-refractivity contribution in [2.45, 2.75) is 6.92 Å². The molecule has 9 heteroatoms. The molecule has 0 heterocycles. The highest BCUT2D eigenvalue weighted by Gasteiger charge is 2.25. The number of hydrogen-bond donors (Lipinski definition) is 1. The van der Waals surface area contributed by atoms with Crippen LogP contribution in [0.25, 0.3) is 0 Å². The SMILES string of the molecule is CCOC(=O)CN(CCOC)S(=O)(=O)CC(N)=S. The second-order valence-corrected chi connectivity index (χ2v) is 5.85. The van der Waals surface area contributed by atoms with Gasteiger partial charge in [0.15, 0.2) is 0 Å². The highest BCUT2D eigenvalue weighted by molar-refractivity contribution is 7.92. The van der Waals surface area contributed by atoms with Gasteiger partial charge in [-0.05, 0) is 6.92 Å².